The van der Waals surface area contributed by atoms with Gasteiger partial charge in [0.2, 0.25) is 0 Å². The fourth-order valence-electron chi connectivity index (χ4n) is 1.25. The summed E-state index contributed by atoms with van der Waals surface area (Å²) in [6, 6.07) is 5.72. The quantitative estimate of drug-likeness (QED) is 0.792. The predicted molar refractivity (Wildman–Crippen MR) is 53.3 cm³/mol. The molecule has 0 saturated heterocycles. The van der Waals surface area contributed by atoms with E-state index in [0.717, 1.165) is 5.56 Å². The van der Waals surface area contributed by atoms with Gasteiger partial charge in [-0.1, -0.05) is 13.0 Å². The maximum atomic E-state index is 9.79. The molecular formula is C11H14N2O. The average molecular weight is 190 g/mol. The van der Waals surface area contributed by atoms with Crippen molar-refractivity contribution in [1.82, 2.24) is 4.98 Å². The summed E-state index contributed by atoms with van der Waals surface area (Å²) in [4.78, 5) is 4.09. The Hall–Kier alpha value is -1.40. The van der Waals surface area contributed by atoms with Crippen LogP contribution in [0.15, 0.2) is 18.3 Å². The molecule has 3 heteroatoms. The van der Waals surface area contributed by atoms with Crippen molar-refractivity contribution in [3.8, 4) is 6.07 Å². The molecule has 0 aliphatic carbocycles. The van der Waals surface area contributed by atoms with E-state index in [1.807, 2.05) is 19.9 Å². The molecule has 0 aliphatic heterocycles. The Kier molecular flexibility index (Phi) is 3.61. The Bertz CT molecular complexity index is 326. The molecule has 1 aromatic rings. The number of aliphatic hydroxyl groups is 1. The number of aromatic nitrogens is 1. The standard InChI is InChI=1S/C11H14N2O/c1-3-9(6-12)11(14)10-5-4-8(2)7-13-10/h4-5,7,9,11,14H,3H2,1-2H3. The van der Waals surface area contributed by atoms with E-state index >= 15 is 0 Å². The topological polar surface area (TPSA) is 56.9 Å². The lowest BCUT2D eigenvalue weighted by atomic mass is 9.98. The van der Waals surface area contributed by atoms with Crippen molar-refractivity contribution in [2.24, 2.45) is 5.92 Å². The van der Waals surface area contributed by atoms with Crippen LogP contribution in [0, 0.1) is 24.2 Å². The Morgan fingerprint density at radius 1 is 1.57 bits per heavy atom. The summed E-state index contributed by atoms with van der Waals surface area (Å²) in [6.45, 7) is 3.82. The largest absolute Gasteiger partial charge is 0.385 e. The van der Waals surface area contributed by atoms with E-state index in [4.69, 9.17) is 5.26 Å². The summed E-state index contributed by atoms with van der Waals surface area (Å²) in [5.74, 6) is -0.370. The summed E-state index contributed by atoms with van der Waals surface area (Å²) in [6.07, 6.45) is 1.56. The third kappa shape index (κ3) is 2.30. The molecule has 0 aliphatic rings. The normalized spacial score (nSPS) is 14.4. The van der Waals surface area contributed by atoms with Gasteiger partial charge in [-0.3, -0.25) is 4.98 Å². The van der Waals surface area contributed by atoms with Crippen LogP contribution in [0.3, 0.4) is 0 Å². The fourth-order valence-corrected chi connectivity index (χ4v) is 1.25. The van der Waals surface area contributed by atoms with Crippen molar-refractivity contribution in [1.29, 1.82) is 5.26 Å². The minimum Gasteiger partial charge on any atom is -0.385 e. The van der Waals surface area contributed by atoms with E-state index in [2.05, 4.69) is 11.1 Å². The second-order valence-corrected chi connectivity index (χ2v) is 3.35. The first-order valence-electron chi connectivity index (χ1n) is 4.69. The van der Waals surface area contributed by atoms with Crippen LogP contribution in [0.2, 0.25) is 0 Å². The summed E-state index contributed by atoms with van der Waals surface area (Å²) in [5, 5.41) is 18.6. The first kappa shape index (κ1) is 10.7. The third-order valence-electron chi connectivity index (χ3n) is 2.22. The molecule has 0 bridgehead atoms. The maximum Gasteiger partial charge on any atom is 0.112 e. The number of aryl methyl sites for hydroxylation is 1. The van der Waals surface area contributed by atoms with Gasteiger partial charge in [-0.15, -0.1) is 0 Å². The van der Waals surface area contributed by atoms with Crippen molar-refractivity contribution in [3.63, 3.8) is 0 Å². The van der Waals surface area contributed by atoms with E-state index in [1.165, 1.54) is 0 Å². The van der Waals surface area contributed by atoms with Gasteiger partial charge in [-0.25, -0.2) is 0 Å². The molecule has 14 heavy (non-hydrogen) atoms. The lowest BCUT2D eigenvalue weighted by Gasteiger charge is -2.13. The van der Waals surface area contributed by atoms with E-state index in [-0.39, 0.29) is 5.92 Å². The molecular weight excluding hydrogens is 176 g/mol. The zero-order valence-corrected chi connectivity index (χ0v) is 8.44. The third-order valence-corrected chi connectivity index (χ3v) is 2.22. The highest BCUT2D eigenvalue weighted by atomic mass is 16.3. The van der Waals surface area contributed by atoms with Gasteiger partial charge in [0, 0.05) is 6.20 Å². The van der Waals surface area contributed by atoms with E-state index < -0.39 is 6.10 Å². The minimum atomic E-state index is -0.773. The zero-order valence-electron chi connectivity index (χ0n) is 8.44. The molecule has 0 amide bonds. The minimum absolute atomic E-state index is 0.370. The number of aliphatic hydroxyl groups excluding tert-OH is 1. The number of hydrogen-bond donors (Lipinski definition) is 1. The second kappa shape index (κ2) is 4.73. The van der Waals surface area contributed by atoms with Crippen LogP contribution >= 0.6 is 0 Å². The number of rotatable bonds is 3. The Morgan fingerprint density at radius 3 is 2.71 bits per heavy atom. The van der Waals surface area contributed by atoms with Crippen molar-refractivity contribution >= 4 is 0 Å². The number of nitrogens with zero attached hydrogens (tertiary/aromatic N) is 2. The predicted octanol–water partition coefficient (Wildman–Crippen LogP) is 1.97. The monoisotopic (exact) mass is 190 g/mol. The van der Waals surface area contributed by atoms with Gasteiger partial charge < -0.3 is 5.11 Å². The van der Waals surface area contributed by atoms with Gasteiger partial charge in [0.25, 0.3) is 0 Å². The molecule has 0 spiro atoms. The van der Waals surface area contributed by atoms with Crippen LogP contribution in [-0.2, 0) is 0 Å². The van der Waals surface area contributed by atoms with E-state index in [0.29, 0.717) is 12.1 Å². The van der Waals surface area contributed by atoms with E-state index in [9.17, 15) is 5.11 Å². The van der Waals surface area contributed by atoms with Gasteiger partial charge >= 0.3 is 0 Å². The molecule has 1 rings (SSSR count). The Balaban J connectivity index is 2.84. The zero-order chi connectivity index (χ0) is 10.6. The smallest absolute Gasteiger partial charge is 0.112 e. The highest BCUT2D eigenvalue weighted by molar-refractivity contribution is 5.15. The van der Waals surface area contributed by atoms with Crippen LogP contribution in [0.25, 0.3) is 0 Å². The van der Waals surface area contributed by atoms with Crippen molar-refractivity contribution in [2.45, 2.75) is 26.4 Å². The molecule has 0 fully saturated rings. The molecule has 3 nitrogen and oxygen atoms in total. The number of hydrogen-bond acceptors (Lipinski definition) is 3. The van der Waals surface area contributed by atoms with Crippen molar-refractivity contribution in [3.05, 3.63) is 29.6 Å². The SMILES string of the molecule is CCC(C#N)C(O)c1ccc(C)cn1. The van der Waals surface area contributed by atoms with Gasteiger partial charge in [-0.2, -0.15) is 5.26 Å². The first-order chi connectivity index (χ1) is 6.69. The molecule has 0 saturated carbocycles. The summed E-state index contributed by atoms with van der Waals surface area (Å²) in [7, 11) is 0. The van der Waals surface area contributed by atoms with Gasteiger partial charge in [-0.05, 0) is 25.0 Å². The van der Waals surface area contributed by atoms with Gasteiger partial charge in [0.15, 0.2) is 0 Å². The average Bonchev–Trinajstić information content (AvgIpc) is 2.20. The van der Waals surface area contributed by atoms with Crippen molar-refractivity contribution < 1.29 is 5.11 Å². The van der Waals surface area contributed by atoms with E-state index in [1.54, 1.807) is 12.3 Å². The molecule has 2 unspecified atom stereocenters. The van der Waals surface area contributed by atoms with Crippen molar-refractivity contribution in [2.75, 3.05) is 0 Å². The lowest BCUT2D eigenvalue weighted by Crippen LogP contribution is -2.11. The summed E-state index contributed by atoms with van der Waals surface area (Å²) < 4.78 is 0. The molecule has 1 aromatic heterocycles. The number of nitriles is 1. The van der Waals surface area contributed by atoms with Crippen LogP contribution in [0.5, 0.6) is 0 Å². The summed E-state index contributed by atoms with van der Waals surface area (Å²) >= 11 is 0. The van der Waals surface area contributed by atoms with Gasteiger partial charge in [0.05, 0.1) is 17.7 Å². The highest BCUT2D eigenvalue weighted by Crippen LogP contribution is 2.22. The van der Waals surface area contributed by atoms with Crippen LogP contribution < -0.4 is 0 Å². The van der Waals surface area contributed by atoms with Crippen LogP contribution in [-0.4, -0.2) is 10.1 Å². The highest BCUT2D eigenvalue weighted by Gasteiger charge is 2.19. The first-order valence-corrected chi connectivity index (χ1v) is 4.69. The lowest BCUT2D eigenvalue weighted by molar-refractivity contribution is 0.128. The van der Waals surface area contributed by atoms with Crippen LogP contribution in [0.4, 0.5) is 0 Å². The molecule has 2 atom stereocenters. The Labute approximate surface area is 84.0 Å². The maximum absolute atomic E-state index is 9.79. The molecule has 1 N–H and O–H groups in total. The molecule has 1 heterocycles. The fraction of sp³-hybridized carbons (Fsp3) is 0.455. The molecule has 0 radical (unpaired) electrons. The Morgan fingerprint density at radius 2 is 2.29 bits per heavy atom. The molecule has 0 aromatic carbocycles. The molecule has 74 valence electrons. The summed E-state index contributed by atoms with van der Waals surface area (Å²) in [5.41, 5.74) is 1.62. The second-order valence-electron chi connectivity index (χ2n) is 3.35. The number of pyridine rings is 1. The van der Waals surface area contributed by atoms with Crippen LogP contribution in [0.1, 0.15) is 30.7 Å². The van der Waals surface area contributed by atoms with Gasteiger partial charge in [0.1, 0.15) is 6.10 Å².